The van der Waals surface area contributed by atoms with E-state index in [9.17, 15) is 9.59 Å². The van der Waals surface area contributed by atoms with E-state index in [0.717, 1.165) is 11.1 Å². The Labute approximate surface area is 130 Å². The molecule has 3 aromatic rings. The van der Waals surface area contributed by atoms with Crippen molar-refractivity contribution in [2.75, 3.05) is 13.1 Å². The summed E-state index contributed by atoms with van der Waals surface area (Å²) in [6.07, 6.45) is 2.12. The quantitative estimate of drug-likeness (QED) is 0.707. The number of H-pyrrole nitrogens is 1. The van der Waals surface area contributed by atoms with Gasteiger partial charge in [0.25, 0.3) is 5.56 Å². The molecule has 0 aliphatic carbocycles. The normalized spacial score (nSPS) is 16.3. The van der Waals surface area contributed by atoms with Crippen molar-refractivity contribution >= 4 is 22.8 Å². The minimum absolute atomic E-state index is 0.102. The third-order valence-electron chi connectivity index (χ3n) is 4.40. The zero-order valence-electron chi connectivity index (χ0n) is 12.3. The molecule has 0 spiro atoms. The van der Waals surface area contributed by atoms with Gasteiger partial charge in [0.05, 0.1) is 11.1 Å². The highest BCUT2D eigenvalue weighted by molar-refractivity contribution is 5.89. The predicted octanol–water partition coefficient (Wildman–Crippen LogP) is 1.43. The van der Waals surface area contributed by atoms with Gasteiger partial charge in [0.1, 0.15) is 5.65 Å². The van der Waals surface area contributed by atoms with E-state index < -0.39 is 6.09 Å². The number of likely N-dealkylation sites (tertiary alicyclic amines) is 1. The summed E-state index contributed by atoms with van der Waals surface area (Å²) >= 11 is 0. The molecule has 118 valence electrons. The molecule has 2 N–H and O–H groups in total. The van der Waals surface area contributed by atoms with E-state index in [2.05, 4.69) is 15.1 Å². The van der Waals surface area contributed by atoms with Crippen molar-refractivity contribution in [3.63, 3.8) is 0 Å². The number of carbonyl (C=O) groups is 1. The smallest absolute Gasteiger partial charge is 0.407 e. The van der Waals surface area contributed by atoms with Crippen LogP contribution in [-0.2, 0) is 0 Å². The fraction of sp³-hybridized carbons (Fsp3) is 0.333. The van der Waals surface area contributed by atoms with E-state index in [-0.39, 0.29) is 11.5 Å². The third-order valence-corrected chi connectivity index (χ3v) is 4.40. The van der Waals surface area contributed by atoms with Crippen LogP contribution in [0, 0.1) is 0 Å². The molecular formula is C15H15N5O3. The molecule has 4 rings (SSSR count). The van der Waals surface area contributed by atoms with Crippen molar-refractivity contribution in [3.8, 4) is 0 Å². The van der Waals surface area contributed by atoms with Crippen molar-refractivity contribution in [2.45, 2.75) is 18.8 Å². The maximum atomic E-state index is 12.0. The second-order valence-corrected chi connectivity index (χ2v) is 5.74. The average molecular weight is 313 g/mol. The Morgan fingerprint density at radius 2 is 2.13 bits per heavy atom. The molecule has 8 nitrogen and oxygen atoms in total. The molecule has 0 saturated carbocycles. The first kappa shape index (κ1) is 13.7. The van der Waals surface area contributed by atoms with Gasteiger partial charge in [-0.2, -0.15) is 0 Å². The van der Waals surface area contributed by atoms with E-state index in [1.54, 1.807) is 22.8 Å². The van der Waals surface area contributed by atoms with Crippen LogP contribution in [0.5, 0.6) is 0 Å². The maximum absolute atomic E-state index is 12.0. The summed E-state index contributed by atoms with van der Waals surface area (Å²) in [5, 5.41) is 14.3. The van der Waals surface area contributed by atoms with Crippen LogP contribution < -0.4 is 5.56 Å². The fourth-order valence-corrected chi connectivity index (χ4v) is 3.23. The van der Waals surface area contributed by atoms with Crippen LogP contribution in [0.2, 0.25) is 0 Å². The molecule has 0 aromatic carbocycles. The fourth-order valence-electron chi connectivity index (χ4n) is 3.23. The van der Waals surface area contributed by atoms with Gasteiger partial charge in [-0.3, -0.25) is 4.79 Å². The van der Waals surface area contributed by atoms with Crippen LogP contribution in [0.15, 0.2) is 29.2 Å². The number of carboxylic acid groups (broad SMARTS) is 1. The number of piperidine rings is 1. The van der Waals surface area contributed by atoms with Gasteiger partial charge in [0.15, 0.2) is 5.65 Å². The molecule has 3 aromatic heterocycles. The molecule has 1 saturated heterocycles. The van der Waals surface area contributed by atoms with Crippen LogP contribution in [0.1, 0.15) is 24.5 Å². The SMILES string of the molecule is O=C(O)N1CCC(c2cc(=O)[nH]c3c4cccnc4nn23)CC1. The number of rotatable bonds is 1. The second-order valence-electron chi connectivity index (χ2n) is 5.74. The highest BCUT2D eigenvalue weighted by Gasteiger charge is 2.26. The van der Waals surface area contributed by atoms with E-state index in [1.165, 1.54) is 4.90 Å². The summed E-state index contributed by atoms with van der Waals surface area (Å²) in [5.74, 6) is 0.102. The largest absolute Gasteiger partial charge is 0.465 e. The first-order chi connectivity index (χ1) is 11.1. The van der Waals surface area contributed by atoms with Crippen molar-refractivity contribution in [1.82, 2.24) is 24.5 Å². The Morgan fingerprint density at radius 1 is 1.35 bits per heavy atom. The van der Waals surface area contributed by atoms with Crippen LogP contribution in [0.25, 0.3) is 16.7 Å². The monoisotopic (exact) mass is 313 g/mol. The predicted molar refractivity (Wildman–Crippen MR) is 82.7 cm³/mol. The molecule has 0 atom stereocenters. The Balaban J connectivity index is 1.81. The molecule has 1 amide bonds. The number of aromatic amines is 1. The lowest BCUT2D eigenvalue weighted by atomic mass is 9.93. The van der Waals surface area contributed by atoms with Crippen molar-refractivity contribution in [2.24, 2.45) is 0 Å². The molecular weight excluding hydrogens is 298 g/mol. The second kappa shape index (κ2) is 5.08. The summed E-state index contributed by atoms with van der Waals surface area (Å²) in [4.78, 5) is 31.5. The topological polar surface area (TPSA) is 104 Å². The van der Waals surface area contributed by atoms with E-state index >= 15 is 0 Å². The maximum Gasteiger partial charge on any atom is 0.407 e. The zero-order valence-corrected chi connectivity index (χ0v) is 12.3. The lowest BCUT2D eigenvalue weighted by Gasteiger charge is -2.30. The number of nitrogens with zero attached hydrogens (tertiary/aromatic N) is 4. The minimum Gasteiger partial charge on any atom is -0.465 e. The number of nitrogens with one attached hydrogen (secondary N) is 1. The van der Waals surface area contributed by atoms with Gasteiger partial charge >= 0.3 is 6.09 Å². The number of aromatic nitrogens is 4. The Morgan fingerprint density at radius 3 is 2.87 bits per heavy atom. The third kappa shape index (κ3) is 2.23. The molecule has 0 radical (unpaired) electrons. The van der Waals surface area contributed by atoms with E-state index in [4.69, 9.17) is 5.11 Å². The standard InChI is InChI=1S/C15H15N5O3/c21-12-8-11(9-3-6-19(7-4-9)15(22)23)20-14(17-12)10-2-1-5-16-13(10)18-20/h1-2,5,8-9H,3-4,6-7H2,(H,17,21)(H,22,23). The zero-order chi connectivity index (χ0) is 16.0. The Kier molecular flexibility index (Phi) is 3.03. The van der Waals surface area contributed by atoms with Crippen molar-refractivity contribution in [1.29, 1.82) is 0 Å². The molecule has 8 heteroatoms. The number of pyridine rings is 1. The summed E-state index contributed by atoms with van der Waals surface area (Å²) in [7, 11) is 0. The number of hydrogen-bond donors (Lipinski definition) is 2. The van der Waals surface area contributed by atoms with Crippen molar-refractivity contribution in [3.05, 3.63) is 40.4 Å². The lowest BCUT2D eigenvalue weighted by Crippen LogP contribution is -2.37. The van der Waals surface area contributed by atoms with Crippen molar-refractivity contribution < 1.29 is 9.90 Å². The summed E-state index contributed by atoms with van der Waals surface area (Å²) in [6, 6.07) is 5.23. The van der Waals surface area contributed by atoms with Crippen LogP contribution in [0.3, 0.4) is 0 Å². The minimum atomic E-state index is -0.895. The molecule has 4 heterocycles. The van der Waals surface area contributed by atoms with Crippen LogP contribution in [0.4, 0.5) is 4.79 Å². The molecule has 23 heavy (non-hydrogen) atoms. The first-order valence-electron chi connectivity index (χ1n) is 7.48. The first-order valence-corrected chi connectivity index (χ1v) is 7.48. The van der Waals surface area contributed by atoms with Crippen LogP contribution >= 0.6 is 0 Å². The Bertz CT molecular complexity index is 953. The van der Waals surface area contributed by atoms with Gasteiger partial charge in [0, 0.05) is 31.3 Å². The summed E-state index contributed by atoms with van der Waals surface area (Å²) in [5.41, 5.74) is 1.85. The van der Waals surface area contributed by atoms with Gasteiger partial charge in [-0.25, -0.2) is 14.3 Å². The van der Waals surface area contributed by atoms with Gasteiger partial charge in [-0.05, 0) is 25.0 Å². The molecule has 1 aliphatic rings. The Hall–Kier alpha value is -2.90. The molecule has 0 unspecified atom stereocenters. The molecule has 0 bridgehead atoms. The number of amides is 1. The van der Waals surface area contributed by atoms with E-state index in [1.807, 2.05) is 6.07 Å². The van der Waals surface area contributed by atoms with Gasteiger partial charge in [-0.15, -0.1) is 5.10 Å². The number of fused-ring (bicyclic) bond motifs is 3. The van der Waals surface area contributed by atoms with Gasteiger partial charge in [0.2, 0.25) is 0 Å². The molecule has 1 fully saturated rings. The summed E-state index contributed by atoms with van der Waals surface area (Å²) in [6.45, 7) is 0.931. The lowest BCUT2D eigenvalue weighted by molar-refractivity contribution is 0.131. The summed E-state index contributed by atoms with van der Waals surface area (Å²) < 4.78 is 1.74. The number of hydrogen-bond acceptors (Lipinski definition) is 4. The highest BCUT2D eigenvalue weighted by Crippen LogP contribution is 2.28. The highest BCUT2D eigenvalue weighted by atomic mass is 16.4. The molecule has 1 aliphatic heterocycles. The van der Waals surface area contributed by atoms with E-state index in [0.29, 0.717) is 37.2 Å². The average Bonchev–Trinajstić information content (AvgIpc) is 2.93. The van der Waals surface area contributed by atoms with Gasteiger partial charge in [-0.1, -0.05) is 0 Å². The van der Waals surface area contributed by atoms with Gasteiger partial charge < -0.3 is 15.0 Å². The van der Waals surface area contributed by atoms with Crippen LogP contribution in [-0.4, -0.2) is 48.8 Å².